The summed E-state index contributed by atoms with van der Waals surface area (Å²) in [5, 5.41) is 9.01. The second-order valence-corrected chi connectivity index (χ2v) is 2.61. The Hall–Kier alpha value is -1.02. The van der Waals surface area contributed by atoms with E-state index in [0.717, 1.165) is 23.3 Å². The molecule has 0 saturated heterocycles. The number of rotatable bonds is 3. The first-order chi connectivity index (χ1) is 5.83. The molecule has 1 rings (SSSR count). The van der Waals surface area contributed by atoms with Gasteiger partial charge in [0.2, 0.25) is 0 Å². The SMILES string of the molecule is CCc1c(CO)cccc1OC. The molecule has 0 aliphatic carbocycles. The lowest BCUT2D eigenvalue weighted by atomic mass is 10.0. The van der Waals surface area contributed by atoms with Crippen molar-refractivity contribution in [3.63, 3.8) is 0 Å². The standard InChI is InChI=1S/C10H14O2/c1-3-9-8(7-11)5-4-6-10(9)12-2/h4-6,11H,3,7H2,1-2H3. The van der Waals surface area contributed by atoms with Crippen LogP contribution in [0.2, 0.25) is 0 Å². The average molecular weight is 166 g/mol. The molecule has 1 aromatic carbocycles. The molecule has 1 aromatic rings. The van der Waals surface area contributed by atoms with Crippen LogP contribution >= 0.6 is 0 Å². The monoisotopic (exact) mass is 166 g/mol. The summed E-state index contributed by atoms with van der Waals surface area (Å²) in [5.41, 5.74) is 2.05. The number of hydrogen-bond acceptors (Lipinski definition) is 2. The Morgan fingerprint density at radius 1 is 1.42 bits per heavy atom. The van der Waals surface area contributed by atoms with Gasteiger partial charge in [0.25, 0.3) is 0 Å². The summed E-state index contributed by atoms with van der Waals surface area (Å²) in [7, 11) is 1.65. The third-order valence-electron chi connectivity index (χ3n) is 1.97. The lowest BCUT2D eigenvalue weighted by Gasteiger charge is -2.09. The molecule has 2 nitrogen and oxygen atoms in total. The van der Waals surface area contributed by atoms with Crippen molar-refractivity contribution >= 4 is 0 Å². The molecule has 0 aliphatic rings. The maximum Gasteiger partial charge on any atom is 0.122 e. The van der Waals surface area contributed by atoms with Gasteiger partial charge in [-0.05, 0) is 23.6 Å². The predicted molar refractivity (Wildman–Crippen MR) is 48.3 cm³/mol. The van der Waals surface area contributed by atoms with Gasteiger partial charge in [-0.15, -0.1) is 0 Å². The third kappa shape index (κ3) is 1.59. The number of methoxy groups -OCH3 is 1. The lowest BCUT2D eigenvalue weighted by molar-refractivity contribution is 0.279. The van der Waals surface area contributed by atoms with Crippen molar-refractivity contribution in [3.05, 3.63) is 29.3 Å². The van der Waals surface area contributed by atoms with E-state index in [-0.39, 0.29) is 6.61 Å². The summed E-state index contributed by atoms with van der Waals surface area (Å²) in [6.45, 7) is 2.14. The second-order valence-electron chi connectivity index (χ2n) is 2.61. The molecular formula is C10H14O2. The van der Waals surface area contributed by atoms with Crippen molar-refractivity contribution in [2.45, 2.75) is 20.0 Å². The van der Waals surface area contributed by atoms with E-state index in [0.29, 0.717) is 0 Å². The van der Waals surface area contributed by atoms with Gasteiger partial charge < -0.3 is 9.84 Å². The number of ether oxygens (including phenoxy) is 1. The van der Waals surface area contributed by atoms with Crippen LogP contribution in [0.5, 0.6) is 5.75 Å². The molecule has 0 bridgehead atoms. The first-order valence-electron chi connectivity index (χ1n) is 4.09. The van der Waals surface area contributed by atoms with Crippen LogP contribution in [0.4, 0.5) is 0 Å². The van der Waals surface area contributed by atoms with Crippen molar-refractivity contribution in [2.24, 2.45) is 0 Å². The predicted octanol–water partition coefficient (Wildman–Crippen LogP) is 1.75. The summed E-state index contributed by atoms with van der Waals surface area (Å²) in [4.78, 5) is 0. The molecule has 0 fully saturated rings. The molecule has 0 heterocycles. The van der Waals surface area contributed by atoms with Gasteiger partial charge in [-0.2, -0.15) is 0 Å². The van der Waals surface area contributed by atoms with Gasteiger partial charge in [-0.25, -0.2) is 0 Å². The van der Waals surface area contributed by atoms with E-state index in [1.165, 1.54) is 0 Å². The highest BCUT2D eigenvalue weighted by Crippen LogP contribution is 2.22. The molecule has 1 N–H and O–H groups in total. The number of aliphatic hydroxyl groups is 1. The van der Waals surface area contributed by atoms with E-state index in [4.69, 9.17) is 9.84 Å². The number of aliphatic hydroxyl groups excluding tert-OH is 1. The number of benzene rings is 1. The van der Waals surface area contributed by atoms with Crippen molar-refractivity contribution in [2.75, 3.05) is 7.11 Å². The van der Waals surface area contributed by atoms with Gasteiger partial charge in [0.1, 0.15) is 5.75 Å². The van der Waals surface area contributed by atoms with E-state index >= 15 is 0 Å². The van der Waals surface area contributed by atoms with E-state index in [9.17, 15) is 0 Å². The van der Waals surface area contributed by atoms with E-state index in [2.05, 4.69) is 6.92 Å². The summed E-state index contributed by atoms with van der Waals surface area (Å²) in [6, 6.07) is 5.73. The largest absolute Gasteiger partial charge is 0.496 e. The lowest BCUT2D eigenvalue weighted by Crippen LogP contribution is -1.96. The van der Waals surface area contributed by atoms with Crippen LogP contribution in [0.25, 0.3) is 0 Å². The van der Waals surface area contributed by atoms with Crippen molar-refractivity contribution in [1.29, 1.82) is 0 Å². The zero-order valence-corrected chi connectivity index (χ0v) is 7.50. The third-order valence-corrected chi connectivity index (χ3v) is 1.97. The fourth-order valence-corrected chi connectivity index (χ4v) is 1.35. The van der Waals surface area contributed by atoms with Gasteiger partial charge in [0.05, 0.1) is 13.7 Å². The Labute approximate surface area is 72.8 Å². The summed E-state index contributed by atoms with van der Waals surface area (Å²) in [5.74, 6) is 0.865. The Balaban J connectivity index is 3.13. The maximum absolute atomic E-state index is 9.01. The van der Waals surface area contributed by atoms with Crippen LogP contribution in [0.15, 0.2) is 18.2 Å². The zero-order valence-electron chi connectivity index (χ0n) is 7.50. The first-order valence-corrected chi connectivity index (χ1v) is 4.09. The Bertz CT molecular complexity index is 234. The summed E-state index contributed by atoms with van der Waals surface area (Å²) in [6.07, 6.45) is 0.889. The average Bonchev–Trinajstić information content (AvgIpc) is 2.16. The Kier molecular flexibility index (Phi) is 3.11. The van der Waals surface area contributed by atoms with Gasteiger partial charge in [0.15, 0.2) is 0 Å². The molecule has 0 saturated carbocycles. The topological polar surface area (TPSA) is 29.5 Å². The van der Waals surface area contributed by atoms with Crippen LogP contribution in [-0.4, -0.2) is 12.2 Å². The molecule has 0 spiro atoms. The van der Waals surface area contributed by atoms with Crippen molar-refractivity contribution in [3.8, 4) is 5.75 Å². The van der Waals surface area contributed by atoms with E-state index in [1.54, 1.807) is 7.11 Å². The maximum atomic E-state index is 9.01. The molecule has 0 amide bonds. The minimum Gasteiger partial charge on any atom is -0.496 e. The molecular weight excluding hydrogens is 152 g/mol. The highest BCUT2D eigenvalue weighted by atomic mass is 16.5. The molecule has 0 aromatic heterocycles. The zero-order chi connectivity index (χ0) is 8.97. The van der Waals surface area contributed by atoms with E-state index in [1.807, 2.05) is 18.2 Å². The molecule has 0 atom stereocenters. The Morgan fingerprint density at radius 2 is 2.17 bits per heavy atom. The molecule has 0 unspecified atom stereocenters. The minimum absolute atomic E-state index is 0.0837. The van der Waals surface area contributed by atoms with Gasteiger partial charge in [0, 0.05) is 0 Å². The summed E-state index contributed by atoms with van der Waals surface area (Å²) < 4.78 is 5.17. The van der Waals surface area contributed by atoms with Crippen LogP contribution in [0, 0.1) is 0 Å². The van der Waals surface area contributed by atoms with Gasteiger partial charge in [-0.3, -0.25) is 0 Å². The molecule has 0 aliphatic heterocycles. The minimum atomic E-state index is 0.0837. The van der Waals surface area contributed by atoms with Crippen molar-refractivity contribution < 1.29 is 9.84 Å². The highest BCUT2D eigenvalue weighted by Gasteiger charge is 2.04. The fourth-order valence-electron chi connectivity index (χ4n) is 1.35. The van der Waals surface area contributed by atoms with Gasteiger partial charge in [-0.1, -0.05) is 19.1 Å². The van der Waals surface area contributed by atoms with Crippen LogP contribution in [0.3, 0.4) is 0 Å². The quantitative estimate of drug-likeness (QED) is 0.741. The van der Waals surface area contributed by atoms with Crippen LogP contribution in [-0.2, 0) is 13.0 Å². The number of hydrogen-bond donors (Lipinski definition) is 1. The second kappa shape index (κ2) is 4.12. The van der Waals surface area contributed by atoms with Crippen LogP contribution < -0.4 is 4.74 Å². The summed E-state index contributed by atoms with van der Waals surface area (Å²) >= 11 is 0. The van der Waals surface area contributed by atoms with Gasteiger partial charge >= 0.3 is 0 Å². The normalized spacial score (nSPS) is 9.92. The molecule has 66 valence electrons. The molecule has 12 heavy (non-hydrogen) atoms. The molecule has 0 radical (unpaired) electrons. The van der Waals surface area contributed by atoms with Crippen LogP contribution in [0.1, 0.15) is 18.1 Å². The molecule has 2 heteroatoms. The first kappa shape index (κ1) is 9.07. The smallest absolute Gasteiger partial charge is 0.122 e. The Morgan fingerprint density at radius 3 is 2.67 bits per heavy atom. The highest BCUT2D eigenvalue weighted by molar-refractivity contribution is 5.39. The van der Waals surface area contributed by atoms with E-state index < -0.39 is 0 Å². The fraction of sp³-hybridized carbons (Fsp3) is 0.400. The van der Waals surface area contributed by atoms with Crippen molar-refractivity contribution in [1.82, 2.24) is 0 Å².